The molecule has 36 heavy (non-hydrogen) atoms. The number of alkyl carbamates (subject to hydrolysis) is 1. The van der Waals surface area contributed by atoms with Gasteiger partial charge in [0.25, 0.3) is 8.32 Å². The van der Waals surface area contributed by atoms with Gasteiger partial charge in [0.05, 0.1) is 7.11 Å². The second-order valence-electron chi connectivity index (χ2n) is 10.5. The molecule has 1 amide bonds. The summed E-state index contributed by atoms with van der Waals surface area (Å²) in [6.07, 6.45) is 0.580. The number of methoxy groups -OCH3 is 1. The summed E-state index contributed by atoms with van der Waals surface area (Å²) in [6, 6.07) is 25.8. The van der Waals surface area contributed by atoms with Crippen LogP contribution in [0.2, 0.25) is 18.1 Å². The zero-order valence-electron chi connectivity index (χ0n) is 22.3. The van der Waals surface area contributed by atoms with Crippen molar-refractivity contribution in [2.24, 2.45) is 0 Å². The van der Waals surface area contributed by atoms with Crippen LogP contribution in [0.4, 0.5) is 4.79 Å². The molecule has 5 nitrogen and oxygen atoms in total. The molecule has 3 aromatic rings. The van der Waals surface area contributed by atoms with Gasteiger partial charge in [-0.2, -0.15) is 0 Å². The molecule has 0 aliphatic heterocycles. The molecule has 3 rings (SSSR count). The van der Waals surface area contributed by atoms with E-state index in [1.807, 2.05) is 72.8 Å². The number of amides is 1. The number of hydrogen-bond donors (Lipinski definition) is 1. The Morgan fingerprint density at radius 2 is 1.53 bits per heavy atom. The van der Waals surface area contributed by atoms with Crippen LogP contribution in [-0.2, 0) is 17.7 Å². The average molecular weight is 506 g/mol. The number of carbonyl (C=O) groups excluding carboxylic acids is 1. The van der Waals surface area contributed by atoms with Crippen LogP contribution < -0.4 is 14.5 Å². The fourth-order valence-corrected chi connectivity index (χ4v) is 4.60. The van der Waals surface area contributed by atoms with Crippen LogP contribution in [0.15, 0.2) is 78.9 Å². The summed E-state index contributed by atoms with van der Waals surface area (Å²) in [5, 5.41) is 2.96. The molecule has 3 aromatic carbocycles. The molecule has 1 N–H and O–H groups in total. The standard InChI is InChI=1S/C30H39NO4Si/c1-30(2,3)36(5,6)35-27-20-18-23(21-28(27)33-4)17-19-26(25-15-11-8-12-16-25)34-29(32)31-22-24-13-9-7-10-14-24/h7-16,18,20-21,26H,17,19,22H2,1-6H3,(H,31,32). The van der Waals surface area contributed by atoms with Gasteiger partial charge in [-0.25, -0.2) is 4.79 Å². The predicted molar refractivity (Wildman–Crippen MR) is 148 cm³/mol. The molecule has 192 valence electrons. The van der Waals surface area contributed by atoms with E-state index in [0.717, 1.165) is 34.6 Å². The van der Waals surface area contributed by atoms with Gasteiger partial charge < -0.3 is 19.2 Å². The Balaban J connectivity index is 1.68. The van der Waals surface area contributed by atoms with Crippen LogP contribution in [0.25, 0.3) is 0 Å². The number of carbonyl (C=O) groups is 1. The Labute approximate surface area is 216 Å². The largest absolute Gasteiger partial charge is 0.541 e. The average Bonchev–Trinajstić information content (AvgIpc) is 2.86. The quantitative estimate of drug-likeness (QED) is 0.287. The molecule has 1 unspecified atom stereocenters. The van der Waals surface area contributed by atoms with Gasteiger partial charge in [-0.15, -0.1) is 0 Å². The lowest BCUT2D eigenvalue weighted by molar-refractivity contribution is 0.0921. The highest BCUT2D eigenvalue weighted by atomic mass is 28.4. The normalized spacial score (nSPS) is 12.5. The Morgan fingerprint density at radius 1 is 0.889 bits per heavy atom. The summed E-state index contributed by atoms with van der Waals surface area (Å²) >= 11 is 0. The SMILES string of the molecule is COc1cc(CCC(OC(=O)NCc2ccccc2)c2ccccc2)ccc1O[Si](C)(C)C(C)(C)C. The second kappa shape index (κ2) is 12.1. The lowest BCUT2D eigenvalue weighted by Crippen LogP contribution is -2.43. The van der Waals surface area contributed by atoms with E-state index in [1.54, 1.807) is 7.11 Å². The van der Waals surface area contributed by atoms with Crippen LogP contribution in [0.3, 0.4) is 0 Å². The van der Waals surface area contributed by atoms with Gasteiger partial charge >= 0.3 is 6.09 Å². The molecular weight excluding hydrogens is 466 g/mol. The molecule has 0 saturated carbocycles. The van der Waals surface area contributed by atoms with E-state index in [2.05, 4.69) is 45.2 Å². The van der Waals surface area contributed by atoms with Gasteiger partial charge in [-0.3, -0.25) is 0 Å². The minimum Gasteiger partial charge on any atom is -0.541 e. The van der Waals surface area contributed by atoms with Crippen LogP contribution >= 0.6 is 0 Å². The van der Waals surface area contributed by atoms with E-state index in [9.17, 15) is 4.79 Å². The Hall–Kier alpha value is -3.25. The monoisotopic (exact) mass is 505 g/mol. The van der Waals surface area contributed by atoms with Gasteiger partial charge in [-0.05, 0) is 59.8 Å². The highest BCUT2D eigenvalue weighted by Gasteiger charge is 2.39. The number of hydrogen-bond acceptors (Lipinski definition) is 4. The molecule has 0 aliphatic rings. The molecule has 0 radical (unpaired) electrons. The third-order valence-electron chi connectivity index (χ3n) is 6.79. The molecule has 0 saturated heterocycles. The van der Waals surface area contributed by atoms with Crippen molar-refractivity contribution < 1.29 is 18.7 Å². The van der Waals surface area contributed by atoms with E-state index in [-0.39, 0.29) is 11.1 Å². The highest BCUT2D eigenvalue weighted by Crippen LogP contribution is 2.40. The first-order valence-electron chi connectivity index (χ1n) is 12.5. The van der Waals surface area contributed by atoms with Gasteiger partial charge in [0.15, 0.2) is 5.75 Å². The maximum atomic E-state index is 12.6. The lowest BCUT2D eigenvalue weighted by Gasteiger charge is -2.36. The zero-order chi connectivity index (χ0) is 26.2. The maximum Gasteiger partial charge on any atom is 0.408 e. The summed E-state index contributed by atoms with van der Waals surface area (Å²) in [5.74, 6) is 1.51. The fourth-order valence-electron chi connectivity index (χ4n) is 3.58. The summed E-state index contributed by atoms with van der Waals surface area (Å²) < 4.78 is 18.0. The van der Waals surface area contributed by atoms with Gasteiger partial charge in [-0.1, -0.05) is 87.5 Å². The molecule has 0 bridgehead atoms. The van der Waals surface area contributed by atoms with Crippen LogP contribution in [0.1, 0.15) is 50.0 Å². The molecule has 0 aromatic heterocycles. The minimum atomic E-state index is -1.99. The Kier molecular flexibility index (Phi) is 9.21. The molecular formula is C30H39NO4Si. The van der Waals surface area contributed by atoms with Crippen molar-refractivity contribution in [3.05, 3.63) is 95.6 Å². The molecule has 0 aliphatic carbocycles. The van der Waals surface area contributed by atoms with Crippen molar-refractivity contribution in [1.82, 2.24) is 5.32 Å². The number of benzene rings is 3. The van der Waals surface area contributed by atoms with Gasteiger partial charge in [0.1, 0.15) is 11.9 Å². The van der Waals surface area contributed by atoms with Gasteiger partial charge in [0.2, 0.25) is 0 Å². The Bertz CT molecular complexity index is 1110. The third-order valence-corrected chi connectivity index (χ3v) is 11.1. The summed E-state index contributed by atoms with van der Waals surface area (Å²) in [5.41, 5.74) is 3.10. The molecule has 6 heteroatoms. The van der Waals surface area contributed by atoms with Crippen LogP contribution in [0, 0.1) is 0 Å². The summed E-state index contributed by atoms with van der Waals surface area (Å²) in [7, 11) is -0.315. The predicted octanol–water partition coefficient (Wildman–Crippen LogP) is 7.68. The number of rotatable bonds is 10. The van der Waals surface area contributed by atoms with E-state index in [0.29, 0.717) is 13.0 Å². The van der Waals surface area contributed by atoms with E-state index < -0.39 is 14.4 Å². The van der Waals surface area contributed by atoms with Crippen molar-refractivity contribution in [1.29, 1.82) is 0 Å². The topological polar surface area (TPSA) is 56.8 Å². The number of aryl methyl sites for hydroxylation is 1. The lowest BCUT2D eigenvalue weighted by atomic mass is 10.0. The van der Waals surface area contributed by atoms with Crippen LogP contribution in [-0.4, -0.2) is 21.5 Å². The number of nitrogens with one attached hydrogen (secondary N) is 1. The minimum absolute atomic E-state index is 0.0952. The third kappa shape index (κ3) is 7.62. The molecule has 0 heterocycles. The van der Waals surface area contributed by atoms with Crippen molar-refractivity contribution in [3.8, 4) is 11.5 Å². The van der Waals surface area contributed by atoms with Crippen molar-refractivity contribution >= 4 is 14.4 Å². The molecule has 0 fully saturated rings. The second-order valence-corrected chi connectivity index (χ2v) is 15.3. The smallest absolute Gasteiger partial charge is 0.408 e. The van der Waals surface area contributed by atoms with E-state index in [4.69, 9.17) is 13.9 Å². The van der Waals surface area contributed by atoms with Crippen molar-refractivity contribution in [3.63, 3.8) is 0 Å². The maximum absolute atomic E-state index is 12.6. The fraction of sp³-hybridized carbons (Fsp3) is 0.367. The van der Waals surface area contributed by atoms with Crippen molar-refractivity contribution in [2.45, 2.75) is 64.4 Å². The highest BCUT2D eigenvalue weighted by molar-refractivity contribution is 6.74. The Morgan fingerprint density at radius 3 is 2.14 bits per heavy atom. The molecule has 0 spiro atoms. The first-order valence-corrected chi connectivity index (χ1v) is 15.4. The number of ether oxygens (including phenoxy) is 2. The van der Waals surface area contributed by atoms with Gasteiger partial charge in [0, 0.05) is 6.54 Å². The van der Waals surface area contributed by atoms with E-state index >= 15 is 0 Å². The molecule has 1 atom stereocenters. The van der Waals surface area contributed by atoms with Crippen molar-refractivity contribution in [2.75, 3.05) is 7.11 Å². The summed E-state index contributed by atoms with van der Waals surface area (Å²) in [4.78, 5) is 12.6. The first kappa shape index (κ1) is 27.3. The zero-order valence-corrected chi connectivity index (χ0v) is 23.3. The summed E-state index contributed by atoms with van der Waals surface area (Å²) in [6.45, 7) is 11.5. The first-order chi connectivity index (χ1) is 17.1. The van der Waals surface area contributed by atoms with Crippen LogP contribution in [0.5, 0.6) is 11.5 Å². The van der Waals surface area contributed by atoms with E-state index in [1.165, 1.54) is 0 Å².